The van der Waals surface area contributed by atoms with Crippen LogP contribution in [0.1, 0.15) is 28.5 Å². The summed E-state index contributed by atoms with van der Waals surface area (Å²) in [5, 5.41) is 7.60. The Hall–Kier alpha value is -0.650. The van der Waals surface area contributed by atoms with Gasteiger partial charge in [0.05, 0.1) is 9.98 Å². The molecular formula is C13H18BrN3S. The third-order valence-electron chi connectivity index (χ3n) is 3.05. The van der Waals surface area contributed by atoms with Crippen LogP contribution in [0.2, 0.25) is 0 Å². The van der Waals surface area contributed by atoms with Crippen molar-refractivity contribution in [2.24, 2.45) is 7.05 Å². The topological polar surface area (TPSA) is 29.9 Å². The Morgan fingerprint density at radius 3 is 2.83 bits per heavy atom. The van der Waals surface area contributed by atoms with Crippen LogP contribution in [0.15, 0.2) is 22.2 Å². The molecule has 2 aromatic rings. The maximum absolute atomic E-state index is 4.20. The molecule has 1 unspecified atom stereocenters. The van der Waals surface area contributed by atoms with Crippen LogP contribution in [0.4, 0.5) is 0 Å². The second kappa shape index (κ2) is 5.99. The Morgan fingerprint density at radius 1 is 1.56 bits per heavy atom. The van der Waals surface area contributed by atoms with E-state index in [1.807, 2.05) is 36.3 Å². The number of hydrogen-bond donors (Lipinski definition) is 1. The van der Waals surface area contributed by atoms with E-state index in [0.717, 1.165) is 12.8 Å². The Bertz CT molecular complexity index is 499. The lowest BCUT2D eigenvalue weighted by Gasteiger charge is -2.13. The largest absolute Gasteiger partial charge is 0.312 e. The smallest absolute Gasteiger partial charge is 0.0731 e. The predicted molar refractivity (Wildman–Crippen MR) is 80.1 cm³/mol. The van der Waals surface area contributed by atoms with Gasteiger partial charge < -0.3 is 5.32 Å². The molecule has 0 spiro atoms. The van der Waals surface area contributed by atoms with Crippen LogP contribution in [0, 0.1) is 6.92 Å². The summed E-state index contributed by atoms with van der Waals surface area (Å²) >= 11 is 5.41. The lowest BCUT2D eigenvalue weighted by molar-refractivity contribution is 0.557. The summed E-state index contributed by atoms with van der Waals surface area (Å²) in [4.78, 5) is 1.39. The van der Waals surface area contributed by atoms with Gasteiger partial charge in [0.25, 0.3) is 0 Å². The van der Waals surface area contributed by atoms with Crippen molar-refractivity contribution >= 4 is 27.3 Å². The number of hydrogen-bond acceptors (Lipinski definition) is 3. The molecule has 0 aromatic carbocycles. The second-order valence-electron chi connectivity index (χ2n) is 4.51. The molecule has 0 saturated carbocycles. The van der Waals surface area contributed by atoms with E-state index in [1.165, 1.54) is 19.8 Å². The third kappa shape index (κ3) is 3.22. The van der Waals surface area contributed by atoms with Gasteiger partial charge in [-0.25, -0.2) is 0 Å². The first-order chi connectivity index (χ1) is 8.60. The van der Waals surface area contributed by atoms with Crippen LogP contribution in [-0.2, 0) is 13.5 Å². The number of halogens is 1. The number of nitrogens with zero attached hydrogens (tertiary/aromatic N) is 2. The fourth-order valence-electron chi connectivity index (χ4n) is 2.00. The van der Waals surface area contributed by atoms with Crippen LogP contribution in [0.25, 0.3) is 0 Å². The number of aryl methyl sites for hydroxylation is 3. The highest BCUT2D eigenvalue weighted by Gasteiger charge is 2.13. The first kappa shape index (κ1) is 13.8. The molecule has 1 N–H and O–H groups in total. The highest BCUT2D eigenvalue weighted by molar-refractivity contribution is 9.11. The van der Waals surface area contributed by atoms with Crippen LogP contribution in [-0.4, -0.2) is 16.8 Å². The van der Waals surface area contributed by atoms with Gasteiger partial charge in [-0.05, 0) is 59.9 Å². The lowest BCUT2D eigenvalue weighted by atomic mass is 10.1. The minimum absolute atomic E-state index is 0.417. The molecule has 1 atom stereocenters. The molecule has 2 heterocycles. The van der Waals surface area contributed by atoms with Crippen molar-refractivity contribution in [3.05, 3.63) is 38.3 Å². The first-order valence-corrected chi connectivity index (χ1v) is 7.61. The first-order valence-electron chi connectivity index (χ1n) is 6.00. The van der Waals surface area contributed by atoms with Gasteiger partial charge in [0.1, 0.15) is 0 Å². The van der Waals surface area contributed by atoms with Crippen LogP contribution >= 0.6 is 27.3 Å². The van der Waals surface area contributed by atoms with E-state index in [2.05, 4.69) is 45.5 Å². The van der Waals surface area contributed by atoms with Gasteiger partial charge in [0.2, 0.25) is 0 Å². The van der Waals surface area contributed by atoms with E-state index >= 15 is 0 Å². The van der Waals surface area contributed by atoms with Crippen molar-refractivity contribution in [1.29, 1.82) is 0 Å². The predicted octanol–water partition coefficient (Wildman–Crippen LogP) is 3.45. The average Bonchev–Trinajstić information content (AvgIpc) is 2.88. The highest BCUT2D eigenvalue weighted by Crippen LogP contribution is 2.33. The van der Waals surface area contributed by atoms with Crippen molar-refractivity contribution in [2.75, 3.05) is 7.05 Å². The van der Waals surface area contributed by atoms with E-state index in [1.54, 1.807) is 0 Å². The molecule has 0 aliphatic heterocycles. The van der Waals surface area contributed by atoms with Gasteiger partial charge in [-0.3, -0.25) is 4.68 Å². The van der Waals surface area contributed by atoms with E-state index in [9.17, 15) is 0 Å². The molecule has 0 amide bonds. The van der Waals surface area contributed by atoms with Crippen LogP contribution in [0.5, 0.6) is 0 Å². The molecule has 0 aliphatic rings. The zero-order valence-electron chi connectivity index (χ0n) is 10.9. The summed E-state index contributed by atoms with van der Waals surface area (Å²) in [5.74, 6) is 0. The molecule has 0 radical (unpaired) electrons. The standard InChI is InChI=1S/C13H18BrN3S/c1-9-6-12(18-13(9)14)11(15-2)5-4-10-7-16-17(3)8-10/h6-8,11,15H,4-5H2,1-3H3. The minimum Gasteiger partial charge on any atom is -0.312 e. The molecule has 5 heteroatoms. The summed E-state index contributed by atoms with van der Waals surface area (Å²) in [7, 11) is 3.98. The zero-order valence-corrected chi connectivity index (χ0v) is 13.3. The van der Waals surface area contributed by atoms with Gasteiger partial charge >= 0.3 is 0 Å². The number of rotatable bonds is 5. The number of thiophene rings is 1. The Morgan fingerprint density at radius 2 is 2.33 bits per heavy atom. The van der Waals surface area contributed by atoms with Crippen molar-refractivity contribution in [3.8, 4) is 0 Å². The van der Waals surface area contributed by atoms with Gasteiger partial charge in [0.15, 0.2) is 0 Å². The highest BCUT2D eigenvalue weighted by atomic mass is 79.9. The van der Waals surface area contributed by atoms with Crippen molar-refractivity contribution < 1.29 is 0 Å². The van der Waals surface area contributed by atoms with Gasteiger partial charge in [-0.15, -0.1) is 11.3 Å². The summed E-state index contributed by atoms with van der Waals surface area (Å²) in [6, 6.07) is 2.68. The quantitative estimate of drug-likeness (QED) is 0.911. The molecular weight excluding hydrogens is 310 g/mol. The zero-order chi connectivity index (χ0) is 13.1. The van der Waals surface area contributed by atoms with Crippen molar-refractivity contribution in [3.63, 3.8) is 0 Å². The average molecular weight is 328 g/mol. The molecule has 0 fully saturated rings. The molecule has 0 saturated heterocycles. The van der Waals surface area contributed by atoms with E-state index in [0.29, 0.717) is 6.04 Å². The molecule has 0 aliphatic carbocycles. The Balaban J connectivity index is 2.01. The van der Waals surface area contributed by atoms with Crippen LogP contribution < -0.4 is 5.32 Å². The summed E-state index contributed by atoms with van der Waals surface area (Å²) < 4.78 is 3.09. The summed E-state index contributed by atoms with van der Waals surface area (Å²) in [6.45, 7) is 2.14. The molecule has 98 valence electrons. The third-order valence-corrected chi connectivity index (χ3v) is 5.30. The van der Waals surface area contributed by atoms with E-state index in [-0.39, 0.29) is 0 Å². The number of nitrogens with one attached hydrogen (secondary N) is 1. The SMILES string of the molecule is CNC(CCc1cnn(C)c1)c1cc(C)c(Br)s1. The molecule has 0 bridgehead atoms. The minimum atomic E-state index is 0.417. The fraction of sp³-hybridized carbons (Fsp3) is 0.462. The van der Waals surface area contributed by atoms with Gasteiger partial charge in [-0.2, -0.15) is 5.10 Å². The van der Waals surface area contributed by atoms with Gasteiger partial charge in [0, 0.05) is 24.2 Å². The molecule has 2 rings (SSSR count). The summed E-state index contributed by atoms with van der Waals surface area (Å²) in [6.07, 6.45) is 6.17. The van der Waals surface area contributed by atoms with Crippen LogP contribution in [0.3, 0.4) is 0 Å². The second-order valence-corrected chi connectivity index (χ2v) is 6.91. The number of aromatic nitrogens is 2. The normalized spacial score (nSPS) is 12.9. The summed E-state index contributed by atoms with van der Waals surface area (Å²) in [5.41, 5.74) is 2.61. The van der Waals surface area contributed by atoms with Crippen molar-refractivity contribution in [2.45, 2.75) is 25.8 Å². The molecule has 18 heavy (non-hydrogen) atoms. The lowest BCUT2D eigenvalue weighted by Crippen LogP contribution is -2.15. The maximum Gasteiger partial charge on any atom is 0.0731 e. The fourth-order valence-corrected chi connectivity index (χ4v) is 3.71. The van der Waals surface area contributed by atoms with Crippen molar-refractivity contribution in [1.82, 2.24) is 15.1 Å². The monoisotopic (exact) mass is 327 g/mol. The van der Waals surface area contributed by atoms with E-state index in [4.69, 9.17) is 0 Å². The maximum atomic E-state index is 4.20. The molecule has 2 aromatic heterocycles. The van der Waals surface area contributed by atoms with E-state index < -0.39 is 0 Å². The molecule has 3 nitrogen and oxygen atoms in total. The Labute approximate surface area is 120 Å². The van der Waals surface area contributed by atoms with Gasteiger partial charge in [-0.1, -0.05) is 0 Å². The Kier molecular flexibility index (Phi) is 4.59.